The predicted octanol–water partition coefficient (Wildman–Crippen LogP) is 3.52. The molecule has 0 unspecified atom stereocenters. The second-order valence-corrected chi connectivity index (χ2v) is 6.11. The largest absolute Gasteiger partial charge is 0.297 e. The molecular weight excluding hydrogens is 337 g/mol. The molecule has 18 heavy (non-hydrogen) atoms. The van der Waals surface area contributed by atoms with Crippen LogP contribution in [-0.2, 0) is 11.2 Å². The van der Waals surface area contributed by atoms with Gasteiger partial charge in [-0.3, -0.25) is 9.69 Å². The van der Waals surface area contributed by atoms with Gasteiger partial charge in [0.25, 0.3) is 0 Å². The van der Waals surface area contributed by atoms with Crippen molar-refractivity contribution in [2.24, 2.45) is 0 Å². The molecule has 0 aliphatic heterocycles. The quantitative estimate of drug-likeness (QED) is 0.725. The van der Waals surface area contributed by atoms with Crippen LogP contribution in [0, 0.1) is 3.57 Å². The molecule has 0 aliphatic carbocycles. The summed E-state index contributed by atoms with van der Waals surface area (Å²) in [6.07, 6.45) is 2.25. The van der Waals surface area contributed by atoms with Crippen molar-refractivity contribution in [3.63, 3.8) is 0 Å². The van der Waals surface area contributed by atoms with E-state index in [2.05, 4.69) is 53.5 Å². The van der Waals surface area contributed by atoms with E-state index >= 15 is 0 Å². The Morgan fingerprint density at radius 1 is 1.17 bits per heavy atom. The molecule has 1 rings (SSSR count). The lowest BCUT2D eigenvalue weighted by molar-refractivity contribution is -0.129. The Bertz CT molecular complexity index is 393. The number of likely N-dealkylation sites (N-methyl/N-ethyl adjacent to an activating group) is 1. The van der Waals surface area contributed by atoms with Gasteiger partial charge in [0.05, 0.1) is 5.54 Å². The van der Waals surface area contributed by atoms with Crippen LogP contribution in [-0.4, -0.2) is 30.3 Å². The number of halogens is 1. The first-order valence-electron chi connectivity index (χ1n) is 6.41. The zero-order chi connectivity index (χ0) is 13.8. The average Bonchev–Trinajstić information content (AvgIpc) is 2.34. The summed E-state index contributed by atoms with van der Waals surface area (Å²) in [6.45, 7) is 4.19. The summed E-state index contributed by atoms with van der Waals surface area (Å²) >= 11 is 2.28. The highest BCUT2D eigenvalue weighted by Gasteiger charge is 2.36. The summed E-state index contributed by atoms with van der Waals surface area (Å²) in [5, 5.41) is 0. The lowest BCUT2D eigenvalue weighted by Gasteiger charge is -2.37. The van der Waals surface area contributed by atoms with Gasteiger partial charge in [-0.25, -0.2) is 0 Å². The molecule has 0 aliphatic rings. The fourth-order valence-electron chi connectivity index (χ4n) is 2.48. The van der Waals surface area contributed by atoms with Crippen molar-refractivity contribution in [1.29, 1.82) is 0 Å². The molecule has 0 atom stereocenters. The van der Waals surface area contributed by atoms with Crippen LogP contribution < -0.4 is 0 Å². The first-order chi connectivity index (χ1) is 8.46. The summed E-state index contributed by atoms with van der Waals surface area (Å²) < 4.78 is 1.20. The second kappa shape index (κ2) is 6.66. The molecule has 0 N–H and O–H groups in total. The summed E-state index contributed by atoms with van der Waals surface area (Å²) in [7, 11) is 4.00. The molecule has 0 fully saturated rings. The molecule has 3 heteroatoms. The fourth-order valence-corrected chi connectivity index (χ4v) is 2.84. The van der Waals surface area contributed by atoms with Crippen LogP contribution in [0.25, 0.3) is 0 Å². The van der Waals surface area contributed by atoms with Crippen molar-refractivity contribution in [2.75, 3.05) is 14.1 Å². The van der Waals surface area contributed by atoms with Crippen LogP contribution >= 0.6 is 22.6 Å². The minimum absolute atomic E-state index is 0.316. The number of benzene rings is 1. The van der Waals surface area contributed by atoms with Crippen molar-refractivity contribution in [3.8, 4) is 0 Å². The molecule has 0 spiro atoms. The Morgan fingerprint density at radius 2 is 1.67 bits per heavy atom. The molecule has 100 valence electrons. The number of carbonyl (C=O) groups excluding carboxylic acids is 1. The number of Topliss-reactive ketones (excluding diaryl/α,β-unsaturated/α-hetero) is 1. The molecule has 1 aromatic carbocycles. The Hall–Kier alpha value is -0.420. The smallest absolute Gasteiger partial charge is 0.157 e. The normalized spacial score (nSPS) is 11.9. The SMILES string of the molecule is CCC(CC)(C(=O)Cc1ccc(I)cc1)N(C)C. The van der Waals surface area contributed by atoms with Crippen molar-refractivity contribution in [3.05, 3.63) is 33.4 Å². The van der Waals surface area contributed by atoms with Crippen LogP contribution in [0.15, 0.2) is 24.3 Å². The third kappa shape index (κ3) is 3.32. The number of rotatable bonds is 6. The lowest BCUT2D eigenvalue weighted by atomic mass is 9.83. The zero-order valence-electron chi connectivity index (χ0n) is 11.7. The third-order valence-corrected chi connectivity index (χ3v) is 4.54. The molecule has 0 radical (unpaired) electrons. The van der Waals surface area contributed by atoms with Gasteiger partial charge in [-0.05, 0) is 67.2 Å². The molecule has 1 aromatic rings. The van der Waals surface area contributed by atoms with E-state index in [4.69, 9.17) is 0 Å². The van der Waals surface area contributed by atoms with E-state index in [9.17, 15) is 4.79 Å². The summed E-state index contributed by atoms with van der Waals surface area (Å²) in [6, 6.07) is 8.20. The number of carbonyl (C=O) groups is 1. The van der Waals surface area contributed by atoms with E-state index in [0.29, 0.717) is 12.2 Å². The van der Waals surface area contributed by atoms with Crippen LogP contribution in [0.2, 0.25) is 0 Å². The Kier molecular flexibility index (Phi) is 5.79. The van der Waals surface area contributed by atoms with Crippen molar-refractivity contribution >= 4 is 28.4 Å². The van der Waals surface area contributed by atoms with Crippen LogP contribution in [0.4, 0.5) is 0 Å². The van der Waals surface area contributed by atoms with Gasteiger partial charge in [0.2, 0.25) is 0 Å². The average molecular weight is 359 g/mol. The molecule has 0 amide bonds. The standard InChI is InChI=1S/C15H22INO/c1-5-15(6-2,17(3)4)14(18)11-12-7-9-13(16)10-8-12/h7-10H,5-6,11H2,1-4H3. The second-order valence-electron chi connectivity index (χ2n) is 4.86. The van der Waals surface area contributed by atoms with E-state index in [1.165, 1.54) is 3.57 Å². The third-order valence-electron chi connectivity index (χ3n) is 3.82. The minimum Gasteiger partial charge on any atom is -0.297 e. The first kappa shape index (κ1) is 15.6. The zero-order valence-corrected chi connectivity index (χ0v) is 13.8. The predicted molar refractivity (Wildman–Crippen MR) is 84.9 cm³/mol. The lowest BCUT2D eigenvalue weighted by Crippen LogP contribution is -2.50. The number of hydrogen-bond acceptors (Lipinski definition) is 2. The molecule has 0 saturated heterocycles. The maximum atomic E-state index is 12.6. The van der Waals surface area contributed by atoms with Crippen LogP contribution in [0.1, 0.15) is 32.3 Å². The maximum Gasteiger partial charge on any atom is 0.157 e. The van der Waals surface area contributed by atoms with Gasteiger partial charge in [0.15, 0.2) is 5.78 Å². The number of nitrogens with zero attached hydrogens (tertiary/aromatic N) is 1. The van der Waals surface area contributed by atoms with E-state index in [0.717, 1.165) is 18.4 Å². The monoisotopic (exact) mass is 359 g/mol. The van der Waals surface area contributed by atoms with Gasteiger partial charge >= 0.3 is 0 Å². The number of hydrogen-bond donors (Lipinski definition) is 0. The van der Waals surface area contributed by atoms with Gasteiger partial charge in [-0.15, -0.1) is 0 Å². The Morgan fingerprint density at radius 3 is 2.06 bits per heavy atom. The van der Waals surface area contributed by atoms with E-state index in [1.807, 2.05) is 26.2 Å². The molecule has 2 nitrogen and oxygen atoms in total. The summed E-state index contributed by atoms with van der Waals surface area (Å²) in [4.78, 5) is 14.7. The van der Waals surface area contributed by atoms with Crippen molar-refractivity contribution < 1.29 is 4.79 Å². The van der Waals surface area contributed by atoms with Gasteiger partial charge < -0.3 is 0 Å². The van der Waals surface area contributed by atoms with Crippen molar-refractivity contribution in [2.45, 2.75) is 38.6 Å². The highest BCUT2D eigenvalue weighted by Crippen LogP contribution is 2.24. The summed E-state index contributed by atoms with van der Waals surface area (Å²) in [5.41, 5.74) is 0.789. The van der Waals surface area contributed by atoms with Crippen LogP contribution in [0.5, 0.6) is 0 Å². The molecule has 0 saturated carbocycles. The van der Waals surface area contributed by atoms with Crippen LogP contribution in [0.3, 0.4) is 0 Å². The van der Waals surface area contributed by atoms with E-state index < -0.39 is 0 Å². The highest BCUT2D eigenvalue weighted by atomic mass is 127. The molecule has 0 heterocycles. The van der Waals surface area contributed by atoms with Crippen molar-refractivity contribution in [1.82, 2.24) is 4.90 Å². The van der Waals surface area contributed by atoms with E-state index in [-0.39, 0.29) is 5.54 Å². The summed E-state index contributed by atoms with van der Waals surface area (Å²) in [5.74, 6) is 0.318. The fraction of sp³-hybridized carbons (Fsp3) is 0.533. The van der Waals surface area contributed by atoms with E-state index in [1.54, 1.807) is 0 Å². The van der Waals surface area contributed by atoms with Gasteiger partial charge in [-0.1, -0.05) is 26.0 Å². The van der Waals surface area contributed by atoms with Gasteiger partial charge in [0.1, 0.15) is 0 Å². The maximum absolute atomic E-state index is 12.6. The highest BCUT2D eigenvalue weighted by molar-refractivity contribution is 14.1. The molecule has 0 bridgehead atoms. The molecule has 0 aromatic heterocycles. The minimum atomic E-state index is -0.316. The Labute approximate surface area is 124 Å². The first-order valence-corrected chi connectivity index (χ1v) is 7.49. The van der Waals surface area contributed by atoms with Gasteiger partial charge in [-0.2, -0.15) is 0 Å². The topological polar surface area (TPSA) is 20.3 Å². The number of ketones is 1. The van der Waals surface area contributed by atoms with Gasteiger partial charge in [0, 0.05) is 9.99 Å². The molecular formula is C15H22INO. The Balaban J connectivity index is 2.89.